The highest BCUT2D eigenvalue weighted by Crippen LogP contribution is 2.18. The molecule has 2 unspecified atom stereocenters. The van der Waals surface area contributed by atoms with Crippen LogP contribution < -0.4 is 0 Å². The number of carboxylic acid groups (broad SMARTS) is 1. The van der Waals surface area contributed by atoms with Gasteiger partial charge in [-0.1, -0.05) is 289 Å². The second-order valence-corrected chi connectivity index (χ2v) is 23.4. The number of carbonyl (C=O) groups is 3. The highest BCUT2D eigenvalue weighted by molar-refractivity contribution is 5.71. The normalized spacial score (nSPS) is 12.7. The minimum atomic E-state index is -1.51. The topological polar surface area (TPSA) is 108 Å². The SMILES string of the molecule is CCCCCCCCCC/C=C\CCCCCCCCCCCCCCCCCC(=O)OC(COC(=O)CCCCCCCCCCCCCCCCCCCCCCCC)COC(OCC[N+](C)(C)C)C(=O)O. The quantitative estimate of drug-likeness (QED) is 0.0211. The minimum absolute atomic E-state index is 0.174. The summed E-state index contributed by atoms with van der Waals surface area (Å²) in [7, 11) is 5.99. The number of quaternary nitrogens is 1. The molecule has 0 aliphatic heterocycles. The van der Waals surface area contributed by atoms with Crippen LogP contribution in [0.5, 0.6) is 0 Å². The number of esters is 2. The summed E-state index contributed by atoms with van der Waals surface area (Å²) < 4.78 is 23.0. The van der Waals surface area contributed by atoms with E-state index in [4.69, 9.17) is 18.9 Å². The molecule has 0 aromatic carbocycles. The Hall–Kier alpha value is -1.97. The molecule has 0 fully saturated rings. The lowest BCUT2D eigenvalue weighted by atomic mass is 10.0. The molecule has 0 amide bonds. The maximum Gasteiger partial charge on any atom is 0.361 e. The van der Waals surface area contributed by atoms with Gasteiger partial charge in [0.2, 0.25) is 0 Å². The van der Waals surface area contributed by atoms with E-state index < -0.39 is 18.4 Å². The van der Waals surface area contributed by atoms with Gasteiger partial charge in [0.1, 0.15) is 13.2 Å². The van der Waals surface area contributed by atoms with Crippen molar-refractivity contribution in [1.82, 2.24) is 0 Å². The van der Waals surface area contributed by atoms with Crippen LogP contribution in [-0.4, -0.2) is 87.4 Å². The van der Waals surface area contributed by atoms with Crippen LogP contribution in [0.15, 0.2) is 12.2 Å². The summed E-state index contributed by atoms with van der Waals surface area (Å²) >= 11 is 0. The summed E-state index contributed by atoms with van der Waals surface area (Å²) in [6.07, 6.45) is 64.5. The van der Waals surface area contributed by atoms with Gasteiger partial charge < -0.3 is 28.5 Å². The maximum absolute atomic E-state index is 12.9. The highest BCUT2D eigenvalue weighted by Gasteiger charge is 2.25. The number of unbranched alkanes of at least 4 members (excludes halogenated alkanes) is 44. The van der Waals surface area contributed by atoms with Gasteiger partial charge in [0.15, 0.2) is 6.10 Å². The van der Waals surface area contributed by atoms with E-state index >= 15 is 0 Å². The zero-order chi connectivity index (χ0) is 54.1. The van der Waals surface area contributed by atoms with Gasteiger partial charge in [0, 0.05) is 12.8 Å². The summed E-state index contributed by atoms with van der Waals surface area (Å²) in [6, 6.07) is 0. The number of rotatable bonds is 61. The van der Waals surface area contributed by atoms with Crippen LogP contribution in [0.3, 0.4) is 0 Å². The lowest BCUT2D eigenvalue weighted by molar-refractivity contribution is -0.870. The van der Waals surface area contributed by atoms with Gasteiger partial charge in [-0.3, -0.25) is 9.59 Å². The van der Waals surface area contributed by atoms with Gasteiger partial charge in [-0.2, -0.15) is 0 Å². The van der Waals surface area contributed by atoms with E-state index in [0.29, 0.717) is 17.4 Å². The summed E-state index contributed by atoms with van der Waals surface area (Å²) in [5.74, 6) is -1.97. The fraction of sp³-hybridized carbons (Fsp3) is 0.923. The predicted octanol–water partition coefficient (Wildman–Crippen LogP) is 19.3. The average molecular weight is 1050 g/mol. The Bertz CT molecular complexity index is 1220. The fourth-order valence-corrected chi connectivity index (χ4v) is 9.78. The van der Waals surface area contributed by atoms with Gasteiger partial charge in [-0.25, -0.2) is 4.79 Å². The zero-order valence-electron chi connectivity index (χ0n) is 50.0. The van der Waals surface area contributed by atoms with Crippen LogP contribution >= 0.6 is 0 Å². The van der Waals surface area contributed by atoms with E-state index in [9.17, 15) is 19.5 Å². The van der Waals surface area contributed by atoms with Crippen molar-refractivity contribution in [3.8, 4) is 0 Å². The highest BCUT2D eigenvalue weighted by atomic mass is 16.7. The lowest BCUT2D eigenvalue weighted by Crippen LogP contribution is -2.40. The molecule has 74 heavy (non-hydrogen) atoms. The third-order valence-corrected chi connectivity index (χ3v) is 14.8. The molecule has 0 aliphatic carbocycles. The molecular weight excluding hydrogens is 923 g/mol. The van der Waals surface area contributed by atoms with Crippen molar-refractivity contribution in [3.05, 3.63) is 12.2 Å². The lowest BCUT2D eigenvalue weighted by Gasteiger charge is -2.25. The molecule has 0 spiro atoms. The van der Waals surface area contributed by atoms with Crippen LogP contribution in [0.1, 0.15) is 328 Å². The molecular formula is C65H126NO8+. The van der Waals surface area contributed by atoms with Crippen molar-refractivity contribution in [2.45, 2.75) is 341 Å². The van der Waals surface area contributed by atoms with E-state index in [1.807, 2.05) is 21.1 Å². The first-order chi connectivity index (χ1) is 36.1. The number of hydrogen-bond acceptors (Lipinski definition) is 7. The molecule has 0 saturated heterocycles. The molecule has 0 aliphatic rings. The van der Waals surface area contributed by atoms with Crippen LogP contribution in [0.2, 0.25) is 0 Å². The summed E-state index contributed by atoms with van der Waals surface area (Å²) in [5, 5.41) is 9.72. The number of hydrogen-bond donors (Lipinski definition) is 1. The Morgan fingerprint density at radius 1 is 0.392 bits per heavy atom. The molecule has 0 radical (unpaired) electrons. The third kappa shape index (κ3) is 57.7. The molecule has 438 valence electrons. The number of allylic oxidation sites excluding steroid dienone is 2. The Balaban J connectivity index is 4.12. The monoisotopic (exact) mass is 1050 g/mol. The molecule has 0 bridgehead atoms. The van der Waals surface area contributed by atoms with Crippen molar-refractivity contribution in [1.29, 1.82) is 0 Å². The van der Waals surface area contributed by atoms with Crippen LogP contribution in [0.4, 0.5) is 0 Å². The Morgan fingerprint density at radius 2 is 0.689 bits per heavy atom. The Morgan fingerprint density at radius 3 is 1.00 bits per heavy atom. The van der Waals surface area contributed by atoms with Crippen molar-refractivity contribution in [3.63, 3.8) is 0 Å². The van der Waals surface area contributed by atoms with Crippen molar-refractivity contribution >= 4 is 17.9 Å². The van der Waals surface area contributed by atoms with E-state index in [0.717, 1.165) is 38.5 Å². The standard InChI is InChI=1S/C65H125NO8/c1-6-8-10-12-14-16-18-20-22-24-26-28-30-31-32-33-34-36-38-40-42-44-46-48-50-52-54-56-63(68)74-61(60-73-65(64(69)70)71-58-57-66(3,4)5)59-72-62(67)55-53-51-49-47-45-43-41-39-37-35-29-27-25-23-21-19-17-15-13-11-9-7-2/h24,26,61,65H,6-23,25,27-60H2,1-5H3/p+1/b26-24-. The summed E-state index contributed by atoms with van der Waals surface area (Å²) in [6.45, 7) is 4.95. The molecule has 1 N–H and O–H groups in total. The number of likely N-dealkylation sites (N-methyl/N-ethyl adjacent to an activating group) is 1. The van der Waals surface area contributed by atoms with Gasteiger partial charge in [0.25, 0.3) is 6.29 Å². The third-order valence-electron chi connectivity index (χ3n) is 14.8. The molecule has 0 aromatic rings. The molecule has 0 aromatic heterocycles. The molecule has 0 heterocycles. The molecule has 9 nitrogen and oxygen atoms in total. The zero-order valence-corrected chi connectivity index (χ0v) is 50.0. The van der Waals surface area contributed by atoms with Gasteiger partial charge in [-0.15, -0.1) is 0 Å². The molecule has 9 heteroatoms. The first-order valence-corrected chi connectivity index (χ1v) is 32.4. The number of carbonyl (C=O) groups excluding carboxylic acids is 2. The summed E-state index contributed by atoms with van der Waals surface area (Å²) in [4.78, 5) is 37.5. The number of aliphatic carboxylic acids is 1. The van der Waals surface area contributed by atoms with Crippen molar-refractivity contribution < 1.29 is 42.9 Å². The molecule has 0 rings (SSSR count). The average Bonchev–Trinajstić information content (AvgIpc) is 3.37. The summed E-state index contributed by atoms with van der Waals surface area (Å²) in [5.41, 5.74) is 0. The number of nitrogens with zero attached hydrogens (tertiary/aromatic N) is 1. The van der Waals surface area contributed by atoms with Gasteiger partial charge >= 0.3 is 17.9 Å². The largest absolute Gasteiger partial charge is 0.477 e. The number of carboxylic acids is 1. The van der Waals surface area contributed by atoms with Crippen LogP contribution in [0.25, 0.3) is 0 Å². The van der Waals surface area contributed by atoms with Crippen LogP contribution in [0, 0.1) is 0 Å². The first-order valence-electron chi connectivity index (χ1n) is 32.4. The van der Waals surface area contributed by atoms with E-state index in [-0.39, 0.29) is 38.2 Å². The van der Waals surface area contributed by atoms with Gasteiger partial charge in [-0.05, 0) is 38.5 Å². The van der Waals surface area contributed by atoms with Gasteiger partial charge in [0.05, 0.1) is 34.4 Å². The van der Waals surface area contributed by atoms with E-state index in [1.54, 1.807) is 0 Å². The second-order valence-electron chi connectivity index (χ2n) is 23.4. The molecule has 0 saturated carbocycles. The number of ether oxygens (including phenoxy) is 4. The maximum atomic E-state index is 12.9. The van der Waals surface area contributed by atoms with E-state index in [1.165, 1.54) is 263 Å². The Labute approximate surface area is 459 Å². The smallest absolute Gasteiger partial charge is 0.361 e. The minimum Gasteiger partial charge on any atom is -0.477 e. The Kier molecular flexibility index (Phi) is 55.7. The second kappa shape index (κ2) is 57.2. The fourth-order valence-electron chi connectivity index (χ4n) is 9.78. The molecule has 2 atom stereocenters. The van der Waals surface area contributed by atoms with Crippen molar-refractivity contribution in [2.24, 2.45) is 0 Å². The predicted molar refractivity (Wildman–Crippen MR) is 314 cm³/mol. The van der Waals surface area contributed by atoms with E-state index in [2.05, 4.69) is 26.0 Å². The van der Waals surface area contributed by atoms with Crippen LogP contribution in [-0.2, 0) is 33.3 Å². The van der Waals surface area contributed by atoms with Crippen molar-refractivity contribution in [2.75, 3.05) is 47.5 Å². The first kappa shape index (κ1) is 72.0.